The maximum atomic E-state index is 12.1. The Morgan fingerprint density at radius 2 is 2.09 bits per heavy atom. The lowest BCUT2D eigenvalue weighted by Crippen LogP contribution is -2.51. The maximum Gasteiger partial charge on any atom is 0.311 e. The molecule has 22 heavy (non-hydrogen) atoms. The third-order valence-corrected chi connectivity index (χ3v) is 5.18. The van der Waals surface area contributed by atoms with E-state index >= 15 is 0 Å². The van der Waals surface area contributed by atoms with Crippen LogP contribution in [0.5, 0.6) is 0 Å². The number of piperidine rings is 1. The van der Waals surface area contributed by atoms with Crippen LogP contribution < -0.4 is 4.72 Å². The van der Waals surface area contributed by atoms with E-state index in [2.05, 4.69) is 4.72 Å². The van der Waals surface area contributed by atoms with Crippen molar-refractivity contribution in [2.45, 2.75) is 26.2 Å². The predicted molar refractivity (Wildman–Crippen MR) is 79.8 cm³/mol. The molecule has 0 aromatic rings. The van der Waals surface area contributed by atoms with Crippen LogP contribution in [-0.4, -0.2) is 69.4 Å². The molecule has 9 heteroatoms. The smallest absolute Gasteiger partial charge is 0.311 e. The molecule has 1 unspecified atom stereocenters. The number of carboxylic acid groups (broad SMARTS) is 1. The van der Waals surface area contributed by atoms with Crippen LogP contribution >= 0.6 is 0 Å². The zero-order valence-corrected chi connectivity index (χ0v) is 13.8. The van der Waals surface area contributed by atoms with Gasteiger partial charge in [0.2, 0.25) is 15.9 Å². The van der Waals surface area contributed by atoms with E-state index in [1.54, 1.807) is 6.92 Å². The van der Waals surface area contributed by atoms with Crippen molar-refractivity contribution < 1.29 is 27.9 Å². The number of ether oxygens (including phenoxy) is 1. The molecule has 0 aliphatic carbocycles. The molecule has 1 aliphatic heterocycles. The maximum absolute atomic E-state index is 12.1. The summed E-state index contributed by atoms with van der Waals surface area (Å²) in [6.07, 6.45) is 1.45. The minimum Gasteiger partial charge on any atom is -0.481 e. The second-order valence-corrected chi connectivity index (χ2v) is 7.70. The number of amides is 1. The first-order valence-electron chi connectivity index (χ1n) is 7.18. The van der Waals surface area contributed by atoms with Crippen LogP contribution in [0.25, 0.3) is 0 Å². The Morgan fingerprint density at radius 1 is 1.41 bits per heavy atom. The average molecular weight is 336 g/mol. The average Bonchev–Trinajstić information content (AvgIpc) is 2.45. The minimum absolute atomic E-state index is 0.104. The van der Waals surface area contributed by atoms with Crippen molar-refractivity contribution in [3.63, 3.8) is 0 Å². The first-order chi connectivity index (χ1) is 10.2. The van der Waals surface area contributed by atoms with Crippen LogP contribution in [0, 0.1) is 5.41 Å². The number of hydrogen-bond acceptors (Lipinski definition) is 5. The minimum atomic E-state index is -3.53. The van der Waals surface area contributed by atoms with Crippen molar-refractivity contribution in [1.29, 1.82) is 0 Å². The van der Waals surface area contributed by atoms with Gasteiger partial charge in [-0.25, -0.2) is 13.1 Å². The third-order valence-electron chi connectivity index (χ3n) is 3.77. The largest absolute Gasteiger partial charge is 0.481 e. The summed E-state index contributed by atoms with van der Waals surface area (Å²) >= 11 is 0. The van der Waals surface area contributed by atoms with Gasteiger partial charge in [-0.05, 0) is 26.2 Å². The number of nitrogens with zero attached hydrogens (tertiary/aromatic N) is 1. The number of carbonyl (C=O) groups excluding carboxylic acids is 1. The molecule has 1 saturated heterocycles. The lowest BCUT2D eigenvalue weighted by Gasteiger charge is -2.37. The quantitative estimate of drug-likeness (QED) is 0.586. The Kier molecular flexibility index (Phi) is 6.76. The van der Waals surface area contributed by atoms with Gasteiger partial charge in [0.1, 0.15) is 0 Å². The third kappa shape index (κ3) is 5.54. The molecule has 1 heterocycles. The van der Waals surface area contributed by atoms with E-state index in [4.69, 9.17) is 4.74 Å². The van der Waals surface area contributed by atoms with Crippen molar-refractivity contribution >= 4 is 21.9 Å². The van der Waals surface area contributed by atoms with Gasteiger partial charge in [0.25, 0.3) is 0 Å². The van der Waals surface area contributed by atoms with Crippen molar-refractivity contribution in [2.24, 2.45) is 5.41 Å². The number of nitrogens with one attached hydrogen (secondary N) is 1. The fraction of sp³-hybridized carbons (Fsp3) is 0.846. The van der Waals surface area contributed by atoms with Crippen molar-refractivity contribution in [3.8, 4) is 0 Å². The fourth-order valence-electron chi connectivity index (χ4n) is 2.38. The van der Waals surface area contributed by atoms with Crippen LogP contribution in [0.4, 0.5) is 0 Å². The monoisotopic (exact) mass is 336 g/mol. The van der Waals surface area contributed by atoms with Crippen molar-refractivity contribution in [1.82, 2.24) is 9.62 Å². The highest BCUT2D eigenvalue weighted by Crippen LogP contribution is 2.29. The highest BCUT2D eigenvalue weighted by Gasteiger charge is 2.39. The molecule has 0 bridgehead atoms. The van der Waals surface area contributed by atoms with Gasteiger partial charge in [0.15, 0.2) is 0 Å². The van der Waals surface area contributed by atoms with E-state index in [9.17, 15) is 23.1 Å². The molecule has 1 aliphatic rings. The van der Waals surface area contributed by atoms with Gasteiger partial charge in [0.05, 0.1) is 17.7 Å². The van der Waals surface area contributed by atoms with Gasteiger partial charge in [-0.1, -0.05) is 0 Å². The molecule has 1 rings (SSSR count). The summed E-state index contributed by atoms with van der Waals surface area (Å²) in [5.74, 6) is -1.45. The first-order valence-corrected chi connectivity index (χ1v) is 8.83. The zero-order chi connectivity index (χ0) is 16.8. The van der Waals surface area contributed by atoms with Crippen LogP contribution in [0.15, 0.2) is 0 Å². The molecular weight excluding hydrogens is 312 g/mol. The number of sulfonamides is 1. The Morgan fingerprint density at radius 3 is 2.68 bits per heavy atom. The normalized spacial score (nSPS) is 22.5. The molecule has 8 nitrogen and oxygen atoms in total. The van der Waals surface area contributed by atoms with E-state index in [0.717, 1.165) is 0 Å². The Hall–Kier alpha value is -1.19. The molecule has 1 atom stereocenters. The first kappa shape index (κ1) is 18.9. The molecule has 0 aromatic heterocycles. The lowest BCUT2D eigenvalue weighted by molar-refractivity contribution is -0.153. The van der Waals surface area contributed by atoms with Gasteiger partial charge < -0.3 is 14.7 Å². The van der Waals surface area contributed by atoms with Gasteiger partial charge in [-0.2, -0.15) is 0 Å². The predicted octanol–water partition coefficient (Wildman–Crippen LogP) is -0.344. The molecule has 2 N–H and O–H groups in total. The highest BCUT2D eigenvalue weighted by molar-refractivity contribution is 7.89. The van der Waals surface area contributed by atoms with E-state index in [-0.39, 0.29) is 18.8 Å². The lowest BCUT2D eigenvalue weighted by atomic mass is 9.82. The molecule has 0 aromatic carbocycles. The summed E-state index contributed by atoms with van der Waals surface area (Å²) in [6, 6.07) is 0. The summed E-state index contributed by atoms with van der Waals surface area (Å²) in [7, 11) is -2.04. The number of rotatable bonds is 8. The van der Waals surface area contributed by atoms with Crippen LogP contribution in [0.1, 0.15) is 26.2 Å². The summed E-state index contributed by atoms with van der Waals surface area (Å²) in [4.78, 5) is 24.7. The van der Waals surface area contributed by atoms with Gasteiger partial charge in [-0.3, -0.25) is 9.59 Å². The number of carbonyl (C=O) groups is 2. The summed E-state index contributed by atoms with van der Waals surface area (Å²) in [6.45, 7) is 2.15. The summed E-state index contributed by atoms with van der Waals surface area (Å²) < 4.78 is 30.4. The Bertz CT molecular complexity index is 507. The fourth-order valence-corrected chi connectivity index (χ4v) is 3.36. The van der Waals surface area contributed by atoms with Crippen LogP contribution in [0.2, 0.25) is 0 Å². The number of likely N-dealkylation sites (tertiary alicyclic amines) is 1. The molecule has 0 radical (unpaired) electrons. The zero-order valence-electron chi connectivity index (χ0n) is 13.0. The number of carboxylic acids is 1. The second-order valence-electron chi connectivity index (χ2n) is 5.77. The number of hydrogen-bond donors (Lipinski definition) is 2. The summed E-state index contributed by atoms with van der Waals surface area (Å²) in [5.41, 5.74) is -0.967. The topological polar surface area (TPSA) is 113 Å². The van der Waals surface area contributed by atoms with Gasteiger partial charge >= 0.3 is 5.97 Å². The van der Waals surface area contributed by atoms with E-state index in [0.29, 0.717) is 32.4 Å². The highest BCUT2D eigenvalue weighted by atomic mass is 32.2. The molecule has 0 spiro atoms. The number of methoxy groups -OCH3 is 1. The summed E-state index contributed by atoms with van der Waals surface area (Å²) in [5, 5.41) is 9.22. The van der Waals surface area contributed by atoms with Crippen LogP contribution in [-0.2, 0) is 24.3 Å². The molecule has 0 saturated carbocycles. The van der Waals surface area contributed by atoms with Gasteiger partial charge in [0, 0.05) is 26.8 Å². The number of aliphatic carboxylic acids is 1. The van der Waals surface area contributed by atoms with Crippen molar-refractivity contribution in [2.75, 3.05) is 39.1 Å². The Balaban J connectivity index is 2.50. The van der Waals surface area contributed by atoms with Crippen molar-refractivity contribution in [3.05, 3.63) is 0 Å². The molecule has 1 amide bonds. The second kappa shape index (κ2) is 7.89. The molecular formula is C13H24N2O6S. The van der Waals surface area contributed by atoms with Gasteiger partial charge in [-0.15, -0.1) is 0 Å². The van der Waals surface area contributed by atoms with E-state index < -0.39 is 27.3 Å². The Labute approximate surface area is 130 Å². The molecule has 128 valence electrons. The molecule has 1 fully saturated rings. The van der Waals surface area contributed by atoms with Crippen LogP contribution in [0.3, 0.4) is 0 Å². The standard InChI is InChI=1S/C13H24N2O6S/c1-13(12(17)18)5-3-6-15(10-13)11(16)9-14-22(19,20)8-4-7-21-2/h14H,3-10H2,1-2H3,(H,17,18). The van der Waals surface area contributed by atoms with E-state index in [1.165, 1.54) is 12.0 Å². The van der Waals surface area contributed by atoms with E-state index in [1.807, 2.05) is 0 Å². The SMILES string of the molecule is COCCCS(=O)(=O)NCC(=O)N1CCCC(C)(C(=O)O)C1.